The topological polar surface area (TPSA) is 71.1 Å². The molecule has 2 amide bonds. The third-order valence-electron chi connectivity index (χ3n) is 3.75. The maximum absolute atomic E-state index is 12.2. The highest BCUT2D eigenvalue weighted by molar-refractivity contribution is 6.04. The molecule has 0 spiro atoms. The van der Waals surface area contributed by atoms with Gasteiger partial charge in [0.25, 0.3) is 0 Å². The van der Waals surface area contributed by atoms with E-state index in [0.717, 1.165) is 22.4 Å². The van der Waals surface area contributed by atoms with Crippen molar-refractivity contribution in [3.05, 3.63) is 59.4 Å². The minimum absolute atomic E-state index is 0.197. The fourth-order valence-corrected chi connectivity index (χ4v) is 2.44. The van der Waals surface area contributed by atoms with Gasteiger partial charge in [0.05, 0.1) is 0 Å². The molecular weight excluding hydrogens is 302 g/mol. The number of para-hydroxylation sites is 1. The summed E-state index contributed by atoms with van der Waals surface area (Å²) in [5.74, 6) is -0.317. The Bertz CT molecular complexity index is 712. The maximum atomic E-state index is 12.2. The summed E-state index contributed by atoms with van der Waals surface area (Å²) in [5.41, 5.74) is 3.81. The standard InChI is InChI=1S/C19H23N3O2/c1-13(2)16-6-4-5-14(3)19(16)22-18(24)11-17(23)21-12-15-7-9-20-10-8-15/h4-10,13H,11-12H2,1-3H3,(H,21,23)(H,22,24). The molecular formula is C19H23N3O2. The second kappa shape index (κ2) is 8.24. The van der Waals surface area contributed by atoms with Crippen LogP contribution in [0.2, 0.25) is 0 Å². The van der Waals surface area contributed by atoms with Crippen LogP contribution in [0.1, 0.15) is 42.9 Å². The van der Waals surface area contributed by atoms with Gasteiger partial charge in [0.1, 0.15) is 6.42 Å². The van der Waals surface area contributed by atoms with Crippen molar-refractivity contribution < 1.29 is 9.59 Å². The summed E-state index contributed by atoms with van der Waals surface area (Å²) < 4.78 is 0. The van der Waals surface area contributed by atoms with Crippen LogP contribution in [-0.4, -0.2) is 16.8 Å². The second-order valence-electron chi connectivity index (χ2n) is 6.05. The molecule has 0 saturated carbocycles. The van der Waals surface area contributed by atoms with Crippen LogP contribution in [0.15, 0.2) is 42.7 Å². The van der Waals surface area contributed by atoms with Crippen LogP contribution >= 0.6 is 0 Å². The van der Waals surface area contributed by atoms with Crippen molar-refractivity contribution in [1.29, 1.82) is 0 Å². The summed E-state index contributed by atoms with van der Waals surface area (Å²) in [4.78, 5) is 28.0. The Labute approximate surface area is 142 Å². The number of anilines is 1. The average Bonchev–Trinajstić information content (AvgIpc) is 2.55. The molecule has 5 nitrogen and oxygen atoms in total. The number of rotatable bonds is 6. The van der Waals surface area contributed by atoms with Gasteiger partial charge >= 0.3 is 0 Å². The Morgan fingerprint density at radius 3 is 2.46 bits per heavy atom. The van der Waals surface area contributed by atoms with Crippen molar-refractivity contribution >= 4 is 17.5 Å². The van der Waals surface area contributed by atoms with Crippen molar-refractivity contribution in [3.63, 3.8) is 0 Å². The molecule has 0 atom stereocenters. The van der Waals surface area contributed by atoms with Crippen molar-refractivity contribution in [2.24, 2.45) is 0 Å². The van der Waals surface area contributed by atoms with Crippen LogP contribution in [-0.2, 0) is 16.1 Å². The van der Waals surface area contributed by atoms with E-state index in [-0.39, 0.29) is 18.2 Å². The first-order valence-electron chi connectivity index (χ1n) is 8.02. The number of nitrogens with zero attached hydrogens (tertiary/aromatic N) is 1. The molecule has 2 rings (SSSR count). The van der Waals surface area contributed by atoms with E-state index in [9.17, 15) is 9.59 Å². The Balaban J connectivity index is 1.92. The van der Waals surface area contributed by atoms with Gasteiger partial charge in [-0.25, -0.2) is 0 Å². The quantitative estimate of drug-likeness (QED) is 0.802. The van der Waals surface area contributed by atoms with Gasteiger partial charge in [-0.05, 0) is 41.7 Å². The lowest BCUT2D eigenvalue weighted by molar-refractivity contribution is -0.126. The highest BCUT2D eigenvalue weighted by atomic mass is 16.2. The van der Waals surface area contributed by atoms with Crippen LogP contribution < -0.4 is 10.6 Å². The van der Waals surface area contributed by atoms with Crippen molar-refractivity contribution in [2.75, 3.05) is 5.32 Å². The monoisotopic (exact) mass is 325 g/mol. The molecule has 0 aliphatic carbocycles. The molecule has 0 saturated heterocycles. The molecule has 1 heterocycles. The number of nitrogens with one attached hydrogen (secondary N) is 2. The molecule has 0 aliphatic rings. The van der Waals surface area contributed by atoms with Gasteiger partial charge in [-0.15, -0.1) is 0 Å². The summed E-state index contributed by atoms with van der Waals surface area (Å²) in [6.45, 7) is 6.49. The smallest absolute Gasteiger partial charge is 0.233 e. The number of pyridine rings is 1. The van der Waals surface area contributed by atoms with Crippen molar-refractivity contribution in [1.82, 2.24) is 10.3 Å². The third kappa shape index (κ3) is 4.91. The van der Waals surface area contributed by atoms with E-state index < -0.39 is 0 Å². The van der Waals surface area contributed by atoms with Gasteiger partial charge in [0, 0.05) is 24.6 Å². The molecule has 126 valence electrons. The lowest BCUT2D eigenvalue weighted by Gasteiger charge is -2.16. The van der Waals surface area contributed by atoms with Crippen LogP contribution in [0.5, 0.6) is 0 Å². The van der Waals surface area contributed by atoms with E-state index in [0.29, 0.717) is 12.5 Å². The van der Waals surface area contributed by atoms with Gasteiger partial charge in [0.2, 0.25) is 11.8 Å². The van der Waals surface area contributed by atoms with E-state index >= 15 is 0 Å². The summed E-state index contributed by atoms with van der Waals surface area (Å²) >= 11 is 0. The highest BCUT2D eigenvalue weighted by Gasteiger charge is 2.14. The lowest BCUT2D eigenvalue weighted by Crippen LogP contribution is -2.28. The van der Waals surface area contributed by atoms with E-state index in [2.05, 4.69) is 29.5 Å². The fraction of sp³-hybridized carbons (Fsp3) is 0.316. The molecule has 24 heavy (non-hydrogen) atoms. The molecule has 0 aliphatic heterocycles. The second-order valence-corrected chi connectivity index (χ2v) is 6.05. The van der Waals surface area contributed by atoms with Gasteiger partial charge in [-0.3, -0.25) is 14.6 Å². The highest BCUT2D eigenvalue weighted by Crippen LogP contribution is 2.27. The molecule has 2 aromatic rings. The zero-order valence-electron chi connectivity index (χ0n) is 14.3. The molecule has 5 heteroatoms. The lowest BCUT2D eigenvalue weighted by atomic mass is 9.98. The zero-order valence-corrected chi connectivity index (χ0v) is 14.3. The predicted molar refractivity (Wildman–Crippen MR) is 94.6 cm³/mol. The van der Waals surface area contributed by atoms with E-state index in [1.807, 2.05) is 37.3 Å². The zero-order chi connectivity index (χ0) is 17.5. The first-order valence-corrected chi connectivity index (χ1v) is 8.02. The van der Waals surface area contributed by atoms with E-state index in [1.165, 1.54) is 0 Å². The molecule has 1 aromatic carbocycles. The number of aryl methyl sites for hydroxylation is 1. The summed E-state index contributed by atoms with van der Waals surface area (Å²) in [5, 5.41) is 5.62. The Kier molecular flexibility index (Phi) is 6.07. The fourth-order valence-electron chi connectivity index (χ4n) is 2.44. The number of carbonyl (C=O) groups is 2. The Morgan fingerprint density at radius 2 is 1.79 bits per heavy atom. The Morgan fingerprint density at radius 1 is 1.08 bits per heavy atom. The van der Waals surface area contributed by atoms with Crippen LogP contribution in [0.25, 0.3) is 0 Å². The SMILES string of the molecule is Cc1cccc(C(C)C)c1NC(=O)CC(=O)NCc1ccncc1. The number of hydrogen-bond acceptors (Lipinski definition) is 3. The summed E-state index contributed by atoms with van der Waals surface area (Å²) in [6.07, 6.45) is 3.14. The van der Waals surface area contributed by atoms with Gasteiger partial charge in [0.15, 0.2) is 0 Å². The first kappa shape index (κ1) is 17.7. The predicted octanol–water partition coefficient (Wildman–Crippen LogP) is 3.16. The molecule has 0 unspecified atom stereocenters. The van der Waals surface area contributed by atoms with Crippen LogP contribution in [0, 0.1) is 6.92 Å². The minimum atomic E-state index is -0.307. The Hall–Kier alpha value is -2.69. The summed E-state index contributed by atoms with van der Waals surface area (Å²) in [7, 11) is 0. The number of benzene rings is 1. The summed E-state index contributed by atoms with van der Waals surface area (Å²) in [6, 6.07) is 9.56. The van der Waals surface area contributed by atoms with Gasteiger partial charge in [-0.2, -0.15) is 0 Å². The van der Waals surface area contributed by atoms with E-state index in [4.69, 9.17) is 0 Å². The molecule has 0 radical (unpaired) electrons. The number of hydrogen-bond donors (Lipinski definition) is 2. The van der Waals surface area contributed by atoms with Crippen molar-refractivity contribution in [2.45, 2.75) is 39.7 Å². The average molecular weight is 325 g/mol. The largest absolute Gasteiger partial charge is 0.352 e. The molecule has 0 bridgehead atoms. The normalized spacial score (nSPS) is 10.5. The minimum Gasteiger partial charge on any atom is -0.352 e. The maximum Gasteiger partial charge on any atom is 0.233 e. The van der Waals surface area contributed by atoms with Gasteiger partial charge in [-0.1, -0.05) is 32.0 Å². The molecule has 2 N–H and O–H groups in total. The third-order valence-corrected chi connectivity index (χ3v) is 3.75. The van der Waals surface area contributed by atoms with Crippen LogP contribution in [0.3, 0.4) is 0 Å². The first-order chi connectivity index (χ1) is 11.5. The number of carbonyl (C=O) groups excluding carboxylic acids is 2. The number of amides is 2. The molecule has 1 aromatic heterocycles. The van der Waals surface area contributed by atoms with Crippen molar-refractivity contribution in [3.8, 4) is 0 Å². The van der Waals surface area contributed by atoms with E-state index in [1.54, 1.807) is 12.4 Å². The van der Waals surface area contributed by atoms with Gasteiger partial charge < -0.3 is 10.6 Å². The van der Waals surface area contributed by atoms with Crippen LogP contribution in [0.4, 0.5) is 5.69 Å². The number of aromatic nitrogens is 1. The molecule has 0 fully saturated rings.